The fraction of sp³-hybridized carbons (Fsp3) is 0.714. The van der Waals surface area contributed by atoms with Gasteiger partial charge in [0, 0.05) is 43.4 Å². The summed E-state index contributed by atoms with van der Waals surface area (Å²) in [5.41, 5.74) is 1.21. The van der Waals surface area contributed by atoms with E-state index in [9.17, 15) is 4.79 Å². The van der Waals surface area contributed by atoms with Crippen molar-refractivity contribution in [3.8, 4) is 0 Å². The summed E-state index contributed by atoms with van der Waals surface area (Å²) in [7, 11) is 0. The first-order valence-electron chi connectivity index (χ1n) is 7.33. The van der Waals surface area contributed by atoms with Gasteiger partial charge in [0.15, 0.2) is 0 Å². The molecule has 2 N–H and O–H groups in total. The first kappa shape index (κ1) is 18.3. The lowest BCUT2D eigenvalue weighted by molar-refractivity contribution is -0.132. The maximum atomic E-state index is 12.2. The van der Waals surface area contributed by atoms with Crippen molar-refractivity contribution in [3.05, 3.63) is 18.0 Å². The van der Waals surface area contributed by atoms with Crippen LogP contribution in [0.2, 0.25) is 0 Å². The average Bonchev–Trinajstić information content (AvgIpc) is 3.12. The summed E-state index contributed by atoms with van der Waals surface area (Å²) in [6.07, 6.45) is 6.93. The van der Waals surface area contributed by atoms with Crippen LogP contribution in [0.15, 0.2) is 12.3 Å². The molecule has 2 fully saturated rings. The number of H-pyrrole nitrogens is 1. The van der Waals surface area contributed by atoms with Crippen LogP contribution in [0, 0.1) is 0 Å². The molecular weight excluding hydrogens is 311 g/mol. The molecule has 0 bridgehead atoms. The Morgan fingerprint density at radius 1 is 1.29 bits per heavy atom. The van der Waals surface area contributed by atoms with Crippen molar-refractivity contribution < 1.29 is 4.79 Å². The molecule has 21 heavy (non-hydrogen) atoms. The third-order valence-corrected chi connectivity index (χ3v) is 4.39. The zero-order valence-corrected chi connectivity index (χ0v) is 13.7. The van der Waals surface area contributed by atoms with Crippen LogP contribution in [0.5, 0.6) is 0 Å². The van der Waals surface area contributed by atoms with Crippen LogP contribution in [0.25, 0.3) is 0 Å². The number of carbonyl (C=O) groups excluding carboxylic acids is 1. The molecule has 1 amide bonds. The third kappa shape index (κ3) is 4.59. The monoisotopic (exact) mass is 334 g/mol. The summed E-state index contributed by atoms with van der Waals surface area (Å²) in [4.78, 5) is 14.2. The summed E-state index contributed by atoms with van der Waals surface area (Å²) in [6, 6.07) is 2.46. The summed E-state index contributed by atoms with van der Waals surface area (Å²) >= 11 is 0. The number of amides is 1. The highest BCUT2D eigenvalue weighted by atomic mass is 35.5. The van der Waals surface area contributed by atoms with Crippen LogP contribution in [0.3, 0.4) is 0 Å². The molecule has 5 nitrogen and oxygen atoms in total. The summed E-state index contributed by atoms with van der Waals surface area (Å²) < 4.78 is 0. The van der Waals surface area contributed by atoms with E-state index in [1.807, 2.05) is 11.0 Å². The van der Waals surface area contributed by atoms with Crippen LogP contribution >= 0.6 is 24.8 Å². The van der Waals surface area contributed by atoms with Crippen molar-refractivity contribution in [2.75, 3.05) is 19.6 Å². The van der Waals surface area contributed by atoms with E-state index >= 15 is 0 Å². The zero-order chi connectivity index (χ0) is 13.1. The number of likely N-dealkylation sites (tertiary alicyclic amines) is 1. The van der Waals surface area contributed by atoms with Crippen LogP contribution in [-0.2, 0) is 4.79 Å². The van der Waals surface area contributed by atoms with Crippen LogP contribution in [-0.4, -0.2) is 46.7 Å². The Morgan fingerprint density at radius 2 is 2.05 bits per heavy atom. The summed E-state index contributed by atoms with van der Waals surface area (Å²) in [6.45, 7) is 2.84. The second-order valence-corrected chi connectivity index (χ2v) is 5.66. The number of rotatable bonds is 3. The second-order valence-electron chi connectivity index (χ2n) is 5.66. The highest BCUT2D eigenvalue weighted by Crippen LogP contribution is 2.26. The number of aromatic amines is 1. The van der Waals surface area contributed by atoms with Crippen molar-refractivity contribution in [2.45, 2.75) is 44.1 Å². The van der Waals surface area contributed by atoms with Gasteiger partial charge >= 0.3 is 0 Å². The number of piperidine rings is 1. The Morgan fingerprint density at radius 3 is 2.62 bits per heavy atom. The van der Waals surface area contributed by atoms with Gasteiger partial charge in [-0.25, -0.2) is 0 Å². The van der Waals surface area contributed by atoms with Gasteiger partial charge < -0.3 is 10.2 Å². The van der Waals surface area contributed by atoms with Gasteiger partial charge in [0.05, 0.1) is 0 Å². The highest BCUT2D eigenvalue weighted by Gasteiger charge is 2.26. The zero-order valence-electron chi connectivity index (χ0n) is 12.1. The van der Waals surface area contributed by atoms with Gasteiger partial charge in [-0.15, -0.1) is 24.8 Å². The largest absolute Gasteiger partial charge is 0.343 e. The molecule has 0 saturated carbocycles. The molecular formula is C14H24Cl2N4O. The third-order valence-electron chi connectivity index (χ3n) is 4.39. The molecule has 3 heterocycles. The molecule has 7 heteroatoms. The molecule has 120 valence electrons. The Balaban J connectivity index is 0.00000110. The predicted molar refractivity (Wildman–Crippen MR) is 87.3 cm³/mol. The van der Waals surface area contributed by atoms with Gasteiger partial charge in [-0.05, 0) is 38.3 Å². The number of aromatic nitrogens is 2. The molecule has 0 aliphatic carbocycles. The topological polar surface area (TPSA) is 61.0 Å². The van der Waals surface area contributed by atoms with Gasteiger partial charge in [-0.3, -0.25) is 9.89 Å². The van der Waals surface area contributed by atoms with Crippen molar-refractivity contribution >= 4 is 30.7 Å². The van der Waals surface area contributed by atoms with Gasteiger partial charge in [0.1, 0.15) is 0 Å². The van der Waals surface area contributed by atoms with Gasteiger partial charge in [-0.2, -0.15) is 5.10 Å². The summed E-state index contributed by atoms with van der Waals surface area (Å²) in [5, 5.41) is 10.4. The standard InChI is InChI=1S/C14H22N4O.2ClH/c19-14(10-12-2-1-6-15-12)18-8-4-11(5-9-18)13-3-7-16-17-13;;/h3,7,11-12,15H,1-2,4-6,8-10H2,(H,16,17);2*1H. The molecule has 2 aliphatic rings. The Labute approximate surface area is 138 Å². The fourth-order valence-corrected chi connectivity index (χ4v) is 3.20. The number of hydrogen-bond donors (Lipinski definition) is 2. The maximum absolute atomic E-state index is 12.2. The molecule has 3 rings (SSSR count). The first-order valence-corrected chi connectivity index (χ1v) is 7.33. The minimum absolute atomic E-state index is 0. The molecule has 1 unspecified atom stereocenters. The van der Waals surface area contributed by atoms with E-state index in [-0.39, 0.29) is 24.8 Å². The lowest BCUT2D eigenvalue weighted by Gasteiger charge is -2.32. The molecule has 1 aromatic rings. The molecule has 0 radical (unpaired) electrons. The normalized spacial score (nSPS) is 22.5. The second kappa shape index (κ2) is 8.61. The molecule has 0 spiro atoms. The van der Waals surface area contributed by atoms with E-state index in [4.69, 9.17) is 0 Å². The number of nitrogens with one attached hydrogen (secondary N) is 2. The van der Waals surface area contributed by atoms with E-state index < -0.39 is 0 Å². The lowest BCUT2D eigenvalue weighted by Crippen LogP contribution is -2.40. The molecule has 0 aromatic carbocycles. The van der Waals surface area contributed by atoms with Crippen LogP contribution < -0.4 is 5.32 Å². The van der Waals surface area contributed by atoms with Gasteiger partial charge in [-0.1, -0.05) is 0 Å². The Hall–Kier alpha value is -0.780. The Bertz CT molecular complexity index is 413. The first-order chi connectivity index (χ1) is 9.33. The Kier molecular flexibility index (Phi) is 7.49. The average molecular weight is 335 g/mol. The van der Waals surface area contributed by atoms with E-state index in [2.05, 4.69) is 15.5 Å². The number of hydrogen-bond acceptors (Lipinski definition) is 3. The summed E-state index contributed by atoms with van der Waals surface area (Å²) in [5.74, 6) is 0.860. The molecule has 2 aliphatic heterocycles. The fourth-order valence-electron chi connectivity index (χ4n) is 3.20. The van der Waals surface area contributed by atoms with E-state index in [1.165, 1.54) is 12.1 Å². The van der Waals surface area contributed by atoms with E-state index in [0.717, 1.165) is 38.9 Å². The number of carbonyl (C=O) groups is 1. The minimum atomic E-state index is 0. The quantitative estimate of drug-likeness (QED) is 0.889. The highest BCUT2D eigenvalue weighted by molar-refractivity contribution is 5.85. The van der Waals surface area contributed by atoms with Crippen molar-refractivity contribution in [3.63, 3.8) is 0 Å². The molecule has 1 atom stereocenters. The maximum Gasteiger partial charge on any atom is 0.224 e. The number of halogens is 2. The van der Waals surface area contributed by atoms with Crippen molar-refractivity contribution in [1.29, 1.82) is 0 Å². The SMILES string of the molecule is Cl.Cl.O=C(CC1CCCN1)N1CCC(c2ccn[nH]2)CC1. The predicted octanol–water partition coefficient (Wildman–Crippen LogP) is 2.10. The number of nitrogens with zero attached hydrogens (tertiary/aromatic N) is 2. The van der Waals surface area contributed by atoms with Crippen LogP contribution in [0.1, 0.15) is 43.7 Å². The smallest absolute Gasteiger partial charge is 0.224 e. The molecule has 2 saturated heterocycles. The van der Waals surface area contributed by atoms with E-state index in [1.54, 1.807) is 6.20 Å². The van der Waals surface area contributed by atoms with Gasteiger partial charge in [0.2, 0.25) is 5.91 Å². The van der Waals surface area contributed by atoms with Crippen LogP contribution in [0.4, 0.5) is 0 Å². The molecule has 1 aromatic heterocycles. The van der Waals surface area contributed by atoms with Crippen molar-refractivity contribution in [1.82, 2.24) is 20.4 Å². The van der Waals surface area contributed by atoms with E-state index in [0.29, 0.717) is 24.3 Å². The van der Waals surface area contributed by atoms with Crippen molar-refractivity contribution in [2.24, 2.45) is 0 Å². The lowest BCUT2D eigenvalue weighted by atomic mass is 9.93. The minimum Gasteiger partial charge on any atom is -0.343 e. The van der Waals surface area contributed by atoms with Gasteiger partial charge in [0.25, 0.3) is 0 Å².